The van der Waals surface area contributed by atoms with Gasteiger partial charge in [-0.25, -0.2) is 0 Å². The lowest BCUT2D eigenvalue weighted by atomic mass is 10.1. The summed E-state index contributed by atoms with van der Waals surface area (Å²) in [5.74, 6) is 0.475. The molecule has 2 nitrogen and oxygen atoms in total. The summed E-state index contributed by atoms with van der Waals surface area (Å²) in [5, 5.41) is 9.61. The number of rotatable bonds is 3. The van der Waals surface area contributed by atoms with Crippen LogP contribution in [0.3, 0.4) is 0 Å². The number of aliphatic hydroxyl groups excluding tert-OH is 1. The van der Waals surface area contributed by atoms with E-state index in [-0.39, 0.29) is 5.56 Å². The van der Waals surface area contributed by atoms with Crippen molar-refractivity contribution < 1.29 is 23.0 Å². The first-order valence-electron chi connectivity index (χ1n) is 4.46. The molecule has 0 spiro atoms. The van der Waals surface area contributed by atoms with Crippen molar-refractivity contribution in [2.45, 2.75) is 16.1 Å². The molecule has 0 aliphatic carbocycles. The molecule has 96 valence electrons. The Labute approximate surface area is 109 Å². The molecule has 0 amide bonds. The summed E-state index contributed by atoms with van der Waals surface area (Å²) in [6, 6.07) is 5.51. The SMILES string of the molecule is COc1ccc(C(O)C(Cl)(Br)C(F)(F)F)cc1. The standard InChI is InChI=1S/C10H9BrClF3O2/c1-17-7-4-2-6(3-5-7)8(16)9(11,12)10(13,14)15/h2-5,8,16H,1H3. The fourth-order valence-electron chi connectivity index (χ4n) is 1.15. The van der Waals surface area contributed by atoms with E-state index in [0.717, 1.165) is 0 Å². The second kappa shape index (κ2) is 5.04. The molecule has 0 bridgehead atoms. The zero-order valence-corrected chi connectivity index (χ0v) is 11.0. The summed E-state index contributed by atoms with van der Waals surface area (Å²) in [6.45, 7) is 0. The molecule has 2 unspecified atom stereocenters. The van der Waals surface area contributed by atoms with Crippen molar-refractivity contribution in [1.29, 1.82) is 0 Å². The topological polar surface area (TPSA) is 29.5 Å². The van der Waals surface area contributed by atoms with Crippen molar-refractivity contribution in [1.82, 2.24) is 0 Å². The second-order valence-electron chi connectivity index (χ2n) is 3.30. The Morgan fingerprint density at radius 2 is 1.76 bits per heavy atom. The summed E-state index contributed by atoms with van der Waals surface area (Å²) >= 11 is 7.58. The maximum atomic E-state index is 12.6. The highest BCUT2D eigenvalue weighted by Gasteiger charge is 2.57. The van der Waals surface area contributed by atoms with E-state index < -0.39 is 16.1 Å². The van der Waals surface area contributed by atoms with Crippen LogP contribution in [0.25, 0.3) is 0 Å². The van der Waals surface area contributed by atoms with Gasteiger partial charge in [0.25, 0.3) is 0 Å². The quantitative estimate of drug-likeness (QED) is 0.856. The molecule has 0 aliphatic rings. The number of halogens is 5. The molecule has 1 aromatic carbocycles. The van der Waals surface area contributed by atoms with Crippen molar-refractivity contribution in [3.8, 4) is 5.75 Å². The highest BCUT2D eigenvalue weighted by molar-refractivity contribution is 9.10. The van der Waals surface area contributed by atoms with Gasteiger partial charge in [-0.05, 0) is 17.7 Å². The minimum atomic E-state index is -4.78. The molecular formula is C10H9BrClF3O2. The molecule has 7 heteroatoms. The Morgan fingerprint density at radius 3 is 2.12 bits per heavy atom. The lowest BCUT2D eigenvalue weighted by Gasteiger charge is -2.28. The van der Waals surface area contributed by atoms with Crippen molar-refractivity contribution in [2.24, 2.45) is 0 Å². The summed E-state index contributed by atoms with van der Waals surface area (Å²) < 4.78 is 39.6. The molecule has 0 aromatic heterocycles. The van der Waals surface area contributed by atoms with Crippen LogP contribution in [-0.4, -0.2) is 22.2 Å². The number of methoxy groups -OCH3 is 1. The van der Waals surface area contributed by atoms with Gasteiger partial charge in [0.05, 0.1) is 7.11 Å². The van der Waals surface area contributed by atoms with Crippen LogP contribution in [0, 0.1) is 0 Å². The number of hydrogen-bond acceptors (Lipinski definition) is 2. The molecule has 0 fully saturated rings. The van der Waals surface area contributed by atoms with Gasteiger partial charge < -0.3 is 9.84 Å². The van der Waals surface area contributed by atoms with Gasteiger partial charge >= 0.3 is 6.18 Å². The minimum Gasteiger partial charge on any atom is -0.497 e. The van der Waals surface area contributed by atoms with Crippen molar-refractivity contribution in [3.63, 3.8) is 0 Å². The third kappa shape index (κ3) is 3.05. The molecule has 2 atom stereocenters. The average molecular weight is 334 g/mol. The number of aliphatic hydroxyl groups is 1. The van der Waals surface area contributed by atoms with Crippen LogP contribution < -0.4 is 4.74 Å². The summed E-state index contributed by atoms with van der Waals surface area (Å²) in [7, 11) is 1.43. The van der Waals surface area contributed by atoms with Crippen LogP contribution in [0.2, 0.25) is 0 Å². The molecule has 1 N–H and O–H groups in total. The molecule has 1 rings (SSSR count). The number of alkyl halides is 5. The van der Waals surface area contributed by atoms with E-state index in [1.165, 1.54) is 31.4 Å². The van der Waals surface area contributed by atoms with Crippen LogP contribution in [-0.2, 0) is 0 Å². The number of benzene rings is 1. The lowest BCUT2D eigenvalue weighted by molar-refractivity contribution is -0.158. The van der Waals surface area contributed by atoms with Gasteiger partial charge in [0.15, 0.2) is 0 Å². The fraction of sp³-hybridized carbons (Fsp3) is 0.400. The minimum absolute atomic E-state index is 0.0370. The van der Waals surface area contributed by atoms with Crippen LogP contribution >= 0.6 is 27.5 Å². The molecule has 0 saturated heterocycles. The summed E-state index contributed by atoms with van der Waals surface area (Å²) in [6.07, 6.45) is -6.71. The fourth-order valence-corrected chi connectivity index (χ4v) is 1.54. The number of ether oxygens (including phenoxy) is 1. The van der Waals surface area contributed by atoms with E-state index in [4.69, 9.17) is 16.3 Å². The Balaban J connectivity index is 2.99. The summed E-state index contributed by atoms with van der Waals surface area (Å²) in [5.41, 5.74) is 0.0370. The van der Waals surface area contributed by atoms with Crippen molar-refractivity contribution >= 4 is 27.5 Å². The van der Waals surface area contributed by atoms with Crippen LogP contribution in [0.1, 0.15) is 11.7 Å². The molecule has 17 heavy (non-hydrogen) atoms. The third-order valence-electron chi connectivity index (χ3n) is 2.15. The molecule has 0 radical (unpaired) electrons. The first kappa shape index (κ1) is 14.6. The van der Waals surface area contributed by atoms with E-state index >= 15 is 0 Å². The van der Waals surface area contributed by atoms with Gasteiger partial charge in [-0.15, -0.1) is 0 Å². The molecule has 0 saturated carbocycles. The molecular weight excluding hydrogens is 324 g/mol. The van der Waals surface area contributed by atoms with Gasteiger partial charge in [-0.3, -0.25) is 0 Å². The van der Waals surface area contributed by atoms with Crippen LogP contribution in [0.4, 0.5) is 13.2 Å². The largest absolute Gasteiger partial charge is 0.497 e. The highest BCUT2D eigenvalue weighted by Crippen LogP contribution is 2.49. The van der Waals surface area contributed by atoms with Crippen LogP contribution in [0.5, 0.6) is 5.75 Å². The Bertz CT molecular complexity index is 378. The van der Waals surface area contributed by atoms with E-state index in [1.807, 2.05) is 0 Å². The molecule has 0 aliphatic heterocycles. The van der Waals surface area contributed by atoms with Gasteiger partial charge in [0.1, 0.15) is 11.9 Å². The van der Waals surface area contributed by atoms with Gasteiger partial charge in [0.2, 0.25) is 3.78 Å². The van der Waals surface area contributed by atoms with E-state index in [9.17, 15) is 18.3 Å². The smallest absolute Gasteiger partial charge is 0.420 e. The highest BCUT2D eigenvalue weighted by atomic mass is 79.9. The third-order valence-corrected chi connectivity index (χ3v) is 3.46. The lowest BCUT2D eigenvalue weighted by Crippen LogP contribution is -2.39. The monoisotopic (exact) mass is 332 g/mol. The van der Waals surface area contributed by atoms with E-state index in [2.05, 4.69) is 15.9 Å². The van der Waals surface area contributed by atoms with Gasteiger partial charge in [0, 0.05) is 0 Å². The zero-order valence-electron chi connectivity index (χ0n) is 8.63. The molecule has 0 heterocycles. The van der Waals surface area contributed by atoms with E-state index in [0.29, 0.717) is 5.75 Å². The number of hydrogen-bond donors (Lipinski definition) is 1. The maximum absolute atomic E-state index is 12.6. The van der Waals surface area contributed by atoms with Gasteiger partial charge in [-0.2, -0.15) is 13.2 Å². The Hall–Kier alpha value is -0.460. The Morgan fingerprint density at radius 1 is 1.29 bits per heavy atom. The second-order valence-corrected chi connectivity index (χ2v) is 5.60. The first-order chi connectivity index (χ1) is 7.70. The van der Waals surface area contributed by atoms with Gasteiger partial charge in [-0.1, -0.05) is 39.7 Å². The predicted molar refractivity (Wildman–Crippen MR) is 61.5 cm³/mol. The predicted octanol–water partition coefficient (Wildman–Crippen LogP) is 3.62. The van der Waals surface area contributed by atoms with E-state index in [1.54, 1.807) is 0 Å². The molecule has 1 aromatic rings. The first-order valence-corrected chi connectivity index (χ1v) is 5.64. The van der Waals surface area contributed by atoms with Crippen molar-refractivity contribution in [3.05, 3.63) is 29.8 Å². The van der Waals surface area contributed by atoms with Crippen LogP contribution in [0.15, 0.2) is 24.3 Å². The summed E-state index contributed by atoms with van der Waals surface area (Å²) in [4.78, 5) is 0. The average Bonchev–Trinajstić information content (AvgIpc) is 2.26. The Kier molecular flexibility index (Phi) is 4.33. The normalized spacial score (nSPS) is 17.4. The van der Waals surface area contributed by atoms with Crippen molar-refractivity contribution in [2.75, 3.05) is 7.11 Å². The zero-order chi connectivity index (χ0) is 13.3. The maximum Gasteiger partial charge on any atom is 0.420 e.